The van der Waals surface area contributed by atoms with Gasteiger partial charge >= 0.3 is 5.97 Å². The van der Waals surface area contributed by atoms with Gasteiger partial charge in [0.25, 0.3) is 5.56 Å². The summed E-state index contributed by atoms with van der Waals surface area (Å²) in [4.78, 5) is 42.6. The van der Waals surface area contributed by atoms with Crippen LogP contribution < -0.4 is 5.56 Å². The van der Waals surface area contributed by atoms with Crippen LogP contribution in [0.5, 0.6) is 0 Å². The Morgan fingerprint density at radius 3 is 2.76 bits per heavy atom. The molecule has 0 aliphatic carbocycles. The van der Waals surface area contributed by atoms with Crippen molar-refractivity contribution in [3.05, 3.63) is 63.6 Å². The van der Waals surface area contributed by atoms with Gasteiger partial charge in [0.1, 0.15) is 17.1 Å². The molecule has 0 atom stereocenters. The lowest BCUT2D eigenvalue weighted by Gasteiger charge is -2.16. The van der Waals surface area contributed by atoms with Crippen LogP contribution in [0, 0.1) is 13.8 Å². The third-order valence-corrected chi connectivity index (χ3v) is 4.81. The van der Waals surface area contributed by atoms with Crippen molar-refractivity contribution in [3.63, 3.8) is 0 Å². The number of furan rings is 1. The molecule has 8 heteroatoms. The third kappa shape index (κ3) is 4.21. The predicted octanol–water partition coefficient (Wildman–Crippen LogP) is 2.44. The number of carbonyl (C=O) groups excluding carboxylic acids is 2. The Kier molecular flexibility index (Phi) is 5.81. The van der Waals surface area contributed by atoms with Gasteiger partial charge in [-0.25, -0.2) is 9.78 Å². The topological polar surface area (TPSA) is 94.6 Å². The molecule has 1 amide bonds. The van der Waals surface area contributed by atoms with Gasteiger partial charge in [0, 0.05) is 20.0 Å². The minimum absolute atomic E-state index is 0.138. The number of benzene rings is 1. The van der Waals surface area contributed by atoms with E-state index < -0.39 is 5.97 Å². The van der Waals surface area contributed by atoms with Crippen LogP contribution in [-0.4, -0.2) is 40.5 Å². The fraction of sp³-hybridized carbons (Fsp3) is 0.333. The molecule has 3 rings (SSSR count). The van der Waals surface area contributed by atoms with Gasteiger partial charge in [0.2, 0.25) is 5.91 Å². The number of carbonyl (C=O) groups is 2. The summed E-state index contributed by atoms with van der Waals surface area (Å²) in [6.07, 6.45) is 1.61. The first kappa shape index (κ1) is 20.3. The zero-order chi connectivity index (χ0) is 21.1. The summed E-state index contributed by atoms with van der Waals surface area (Å²) in [5.74, 6) is 0.287. The maximum absolute atomic E-state index is 12.6. The van der Waals surface area contributed by atoms with Crippen LogP contribution in [0.1, 0.15) is 33.9 Å². The standard InChI is InChI=1S/C21H23N3O5/c1-13-6-5-7-16-19(13)22-12-24(20(16)26)9-8-18(25)23(3)11-15-10-17(14(2)29-15)21(27)28-4/h5-7,10,12H,8-9,11H2,1-4H3. The van der Waals surface area contributed by atoms with E-state index in [4.69, 9.17) is 9.15 Å². The second-order valence-corrected chi connectivity index (χ2v) is 6.89. The molecule has 0 fully saturated rings. The predicted molar refractivity (Wildman–Crippen MR) is 107 cm³/mol. The number of methoxy groups -OCH3 is 1. The fourth-order valence-corrected chi connectivity index (χ4v) is 3.16. The zero-order valence-electron chi connectivity index (χ0n) is 16.9. The summed E-state index contributed by atoms with van der Waals surface area (Å²) < 4.78 is 11.7. The number of ether oxygens (including phenoxy) is 1. The molecule has 0 bridgehead atoms. The van der Waals surface area contributed by atoms with E-state index >= 15 is 0 Å². The molecule has 0 radical (unpaired) electrons. The summed E-state index contributed by atoms with van der Waals surface area (Å²) in [6.45, 7) is 4.00. The van der Waals surface area contributed by atoms with Crippen LogP contribution >= 0.6 is 0 Å². The third-order valence-electron chi connectivity index (χ3n) is 4.81. The number of amides is 1. The molecule has 3 aromatic rings. The molecule has 8 nitrogen and oxygen atoms in total. The highest BCUT2D eigenvalue weighted by Gasteiger charge is 2.18. The number of nitrogens with zero attached hydrogens (tertiary/aromatic N) is 3. The largest absolute Gasteiger partial charge is 0.465 e. The van der Waals surface area contributed by atoms with Crippen LogP contribution in [0.2, 0.25) is 0 Å². The highest BCUT2D eigenvalue weighted by atomic mass is 16.5. The van der Waals surface area contributed by atoms with E-state index in [2.05, 4.69) is 4.98 Å². The van der Waals surface area contributed by atoms with Gasteiger partial charge in [-0.15, -0.1) is 0 Å². The summed E-state index contributed by atoms with van der Waals surface area (Å²) in [7, 11) is 2.94. The minimum Gasteiger partial charge on any atom is -0.465 e. The van der Waals surface area contributed by atoms with Gasteiger partial charge in [-0.2, -0.15) is 0 Å². The summed E-state index contributed by atoms with van der Waals surface area (Å²) in [5, 5.41) is 0.537. The van der Waals surface area contributed by atoms with Crippen LogP contribution in [-0.2, 0) is 22.6 Å². The smallest absolute Gasteiger partial charge is 0.341 e. The van der Waals surface area contributed by atoms with E-state index in [1.807, 2.05) is 19.1 Å². The van der Waals surface area contributed by atoms with Crippen molar-refractivity contribution in [2.45, 2.75) is 33.4 Å². The summed E-state index contributed by atoms with van der Waals surface area (Å²) >= 11 is 0. The SMILES string of the molecule is COC(=O)c1cc(CN(C)C(=O)CCn2cnc3c(C)cccc3c2=O)oc1C. The number of fused-ring (bicyclic) bond motifs is 1. The highest BCUT2D eigenvalue weighted by Crippen LogP contribution is 2.17. The van der Waals surface area contributed by atoms with Crippen molar-refractivity contribution in [3.8, 4) is 0 Å². The van der Waals surface area contributed by atoms with E-state index in [-0.39, 0.29) is 31.0 Å². The lowest BCUT2D eigenvalue weighted by molar-refractivity contribution is -0.130. The van der Waals surface area contributed by atoms with Crippen molar-refractivity contribution in [2.24, 2.45) is 0 Å². The Balaban J connectivity index is 1.66. The van der Waals surface area contributed by atoms with Gasteiger partial charge in [-0.1, -0.05) is 12.1 Å². The van der Waals surface area contributed by atoms with Gasteiger partial charge in [0.05, 0.1) is 30.9 Å². The molecule has 0 N–H and O–H groups in total. The Hall–Kier alpha value is -3.42. The molecule has 0 saturated heterocycles. The van der Waals surface area contributed by atoms with Crippen LogP contribution in [0.4, 0.5) is 0 Å². The molecule has 2 heterocycles. The molecule has 0 aliphatic heterocycles. The first-order chi connectivity index (χ1) is 13.8. The second kappa shape index (κ2) is 8.30. The quantitative estimate of drug-likeness (QED) is 0.593. The first-order valence-electron chi connectivity index (χ1n) is 9.18. The molecule has 0 aliphatic rings. The maximum Gasteiger partial charge on any atom is 0.341 e. The number of hydrogen-bond donors (Lipinski definition) is 0. The number of aryl methyl sites for hydroxylation is 3. The Labute approximate surface area is 167 Å². The molecule has 0 spiro atoms. The van der Waals surface area contributed by atoms with Gasteiger partial charge in [-0.3, -0.25) is 14.2 Å². The molecule has 29 heavy (non-hydrogen) atoms. The Morgan fingerprint density at radius 2 is 2.03 bits per heavy atom. The van der Waals surface area contributed by atoms with Crippen LogP contribution in [0.3, 0.4) is 0 Å². The molecule has 152 valence electrons. The lowest BCUT2D eigenvalue weighted by Crippen LogP contribution is -2.29. The number of aromatic nitrogens is 2. The van der Waals surface area contributed by atoms with E-state index in [0.717, 1.165) is 5.56 Å². The van der Waals surface area contributed by atoms with Crippen molar-refractivity contribution in [1.82, 2.24) is 14.5 Å². The van der Waals surface area contributed by atoms with Crippen LogP contribution in [0.15, 0.2) is 39.8 Å². The monoisotopic (exact) mass is 397 g/mol. The van der Waals surface area contributed by atoms with E-state index in [1.165, 1.54) is 22.9 Å². The molecule has 0 unspecified atom stereocenters. The number of esters is 1. The van der Waals surface area contributed by atoms with Gasteiger partial charge in [-0.05, 0) is 31.5 Å². The zero-order valence-corrected chi connectivity index (χ0v) is 16.9. The molecule has 2 aromatic heterocycles. The van der Waals surface area contributed by atoms with E-state index in [0.29, 0.717) is 28.0 Å². The Bertz CT molecular complexity index is 1130. The van der Waals surface area contributed by atoms with Crippen molar-refractivity contribution < 1.29 is 18.7 Å². The van der Waals surface area contributed by atoms with Gasteiger partial charge < -0.3 is 14.1 Å². The van der Waals surface area contributed by atoms with Crippen molar-refractivity contribution >= 4 is 22.8 Å². The maximum atomic E-state index is 12.6. The summed E-state index contributed by atoms with van der Waals surface area (Å²) in [5.41, 5.74) is 1.78. The second-order valence-electron chi connectivity index (χ2n) is 6.89. The van der Waals surface area contributed by atoms with E-state index in [9.17, 15) is 14.4 Å². The minimum atomic E-state index is -0.482. The number of hydrogen-bond acceptors (Lipinski definition) is 6. The highest BCUT2D eigenvalue weighted by molar-refractivity contribution is 5.90. The van der Waals surface area contributed by atoms with E-state index in [1.54, 1.807) is 26.1 Å². The average Bonchev–Trinajstić information content (AvgIpc) is 3.07. The van der Waals surface area contributed by atoms with Crippen molar-refractivity contribution in [1.29, 1.82) is 0 Å². The summed E-state index contributed by atoms with van der Waals surface area (Å²) in [6, 6.07) is 7.03. The molecule has 1 aromatic carbocycles. The first-order valence-corrected chi connectivity index (χ1v) is 9.18. The average molecular weight is 397 g/mol. The lowest BCUT2D eigenvalue weighted by atomic mass is 10.1. The molecular formula is C21H23N3O5. The molecular weight excluding hydrogens is 374 g/mol. The Morgan fingerprint density at radius 1 is 1.28 bits per heavy atom. The van der Waals surface area contributed by atoms with Gasteiger partial charge in [0.15, 0.2) is 0 Å². The number of para-hydroxylation sites is 1. The molecule has 0 saturated carbocycles. The number of rotatable bonds is 6. The normalized spacial score (nSPS) is 10.9. The van der Waals surface area contributed by atoms with Crippen molar-refractivity contribution in [2.75, 3.05) is 14.2 Å². The fourth-order valence-electron chi connectivity index (χ4n) is 3.16. The van der Waals surface area contributed by atoms with Crippen LogP contribution in [0.25, 0.3) is 10.9 Å².